The molecule has 2 N–H and O–H groups in total. The number of aromatic nitrogens is 2. The molecule has 0 aromatic carbocycles. The summed E-state index contributed by atoms with van der Waals surface area (Å²) in [4.78, 5) is 11.8. The van der Waals surface area contributed by atoms with Gasteiger partial charge in [0.1, 0.15) is 5.69 Å². The number of ether oxygens (including phenoxy) is 1. The van der Waals surface area contributed by atoms with Crippen molar-refractivity contribution in [1.29, 1.82) is 0 Å². The fraction of sp³-hybridized carbons (Fsp3) is 0.600. The van der Waals surface area contributed by atoms with Gasteiger partial charge in [0.2, 0.25) is 0 Å². The number of nitrogens with two attached hydrogens (primary N) is 1. The van der Waals surface area contributed by atoms with Gasteiger partial charge < -0.3 is 10.5 Å². The molecule has 1 heterocycles. The smallest absolute Gasteiger partial charge is 0.185 e. The molecular formula is C10H17N3O2. The number of rotatable bonds is 5. The average molecular weight is 211 g/mol. The van der Waals surface area contributed by atoms with Gasteiger partial charge in [-0.1, -0.05) is 0 Å². The first-order valence-electron chi connectivity index (χ1n) is 4.96. The maximum absolute atomic E-state index is 11.8. The summed E-state index contributed by atoms with van der Waals surface area (Å²) in [7, 11) is 1.53. The fourth-order valence-corrected chi connectivity index (χ4v) is 1.40. The third-order valence-corrected chi connectivity index (χ3v) is 2.11. The minimum atomic E-state index is -0.0273. The van der Waals surface area contributed by atoms with Crippen LogP contribution >= 0.6 is 0 Å². The Morgan fingerprint density at radius 2 is 2.33 bits per heavy atom. The molecule has 0 radical (unpaired) electrons. The van der Waals surface area contributed by atoms with Crippen molar-refractivity contribution in [2.45, 2.75) is 26.3 Å². The summed E-state index contributed by atoms with van der Waals surface area (Å²) in [6, 6.07) is 0.130. The second-order valence-corrected chi connectivity index (χ2v) is 3.56. The Balaban J connectivity index is 3.10. The minimum absolute atomic E-state index is 0.0273. The van der Waals surface area contributed by atoms with Gasteiger partial charge in [-0.25, -0.2) is 0 Å². The highest BCUT2D eigenvalue weighted by Gasteiger charge is 2.19. The Hall–Kier alpha value is -1.36. The topological polar surface area (TPSA) is 70.1 Å². The van der Waals surface area contributed by atoms with Crippen LogP contribution in [0, 0.1) is 0 Å². The van der Waals surface area contributed by atoms with E-state index < -0.39 is 0 Å². The van der Waals surface area contributed by atoms with Crippen LogP contribution in [0.2, 0.25) is 0 Å². The largest absolute Gasteiger partial charge is 0.493 e. The standard InChI is InChI=1S/C10H17N3O2/c1-7(2)13-10(8(14)4-5-11)9(15-3)6-12-13/h6-7H,4-5,11H2,1-3H3. The van der Waals surface area contributed by atoms with Crippen molar-refractivity contribution in [1.82, 2.24) is 9.78 Å². The van der Waals surface area contributed by atoms with E-state index in [9.17, 15) is 4.79 Å². The molecule has 0 fully saturated rings. The molecule has 1 aromatic heterocycles. The van der Waals surface area contributed by atoms with Crippen LogP contribution < -0.4 is 10.5 Å². The summed E-state index contributed by atoms with van der Waals surface area (Å²) in [5.41, 5.74) is 5.87. The molecule has 0 aliphatic rings. The predicted octanol–water partition coefficient (Wildman–Crippen LogP) is 1.00. The van der Waals surface area contributed by atoms with Crippen molar-refractivity contribution in [2.75, 3.05) is 13.7 Å². The summed E-state index contributed by atoms with van der Waals surface area (Å²) in [6.45, 7) is 4.27. The first-order chi connectivity index (χ1) is 7.11. The lowest BCUT2D eigenvalue weighted by Gasteiger charge is -2.10. The number of Topliss-reactive ketones (excluding diaryl/α,β-unsaturated/α-hetero) is 1. The normalized spacial score (nSPS) is 10.7. The molecular weight excluding hydrogens is 194 g/mol. The zero-order valence-corrected chi connectivity index (χ0v) is 9.36. The predicted molar refractivity (Wildman–Crippen MR) is 57.2 cm³/mol. The Morgan fingerprint density at radius 3 is 2.80 bits per heavy atom. The highest BCUT2D eigenvalue weighted by atomic mass is 16.5. The number of methoxy groups -OCH3 is 1. The van der Waals surface area contributed by atoms with Crippen molar-refractivity contribution in [3.63, 3.8) is 0 Å². The van der Waals surface area contributed by atoms with E-state index in [1.165, 1.54) is 7.11 Å². The number of hydrogen-bond acceptors (Lipinski definition) is 4. The second-order valence-electron chi connectivity index (χ2n) is 3.56. The monoisotopic (exact) mass is 211 g/mol. The van der Waals surface area contributed by atoms with Gasteiger partial charge in [-0.2, -0.15) is 5.10 Å². The molecule has 0 bridgehead atoms. The number of carbonyl (C=O) groups is 1. The molecule has 0 saturated heterocycles. The Morgan fingerprint density at radius 1 is 1.67 bits per heavy atom. The molecule has 5 nitrogen and oxygen atoms in total. The van der Waals surface area contributed by atoms with Crippen molar-refractivity contribution in [2.24, 2.45) is 5.73 Å². The van der Waals surface area contributed by atoms with Crippen LogP contribution in [0.25, 0.3) is 0 Å². The number of ketones is 1. The molecule has 1 aromatic rings. The summed E-state index contributed by atoms with van der Waals surface area (Å²) >= 11 is 0. The van der Waals surface area contributed by atoms with E-state index in [2.05, 4.69) is 5.10 Å². The number of carbonyl (C=O) groups excluding carboxylic acids is 1. The first-order valence-corrected chi connectivity index (χ1v) is 4.96. The number of nitrogens with zero attached hydrogens (tertiary/aromatic N) is 2. The van der Waals surface area contributed by atoms with Crippen LogP contribution in [0.1, 0.15) is 36.8 Å². The van der Waals surface area contributed by atoms with Gasteiger partial charge >= 0.3 is 0 Å². The molecule has 15 heavy (non-hydrogen) atoms. The van der Waals surface area contributed by atoms with E-state index in [4.69, 9.17) is 10.5 Å². The van der Waals surface area contributed by atoms with Gasteiger partial charge in [0.05, 0.1) is 13.3 Å². The van der Waals surface area contributed by atoms with Crippen LogP contribution in [0.3, 0.4) is 0 Å². The lowest BCUT2D eigenvalue weighted by Crippen LogP contribution is -2.16. The highest BCUT2D eigenvalue weighted by Crippen LogP contribution is 2.22. The molecule has 84 valence electrons. The average Bonchev–Trinajstić information content (AvgIpc) is 2.61. The van der Waals surface area contributed by atoms with E-state index >= 15 is 0 Å². The maximum atomic E-state index is 11.8. The summed E-state index contributed by atoms with van der Waals surface area (Å²) < 4.78 is 6.76. The third-order valence-electron chi connectivity index (χ3n) is 2.11. The molecule has 0 aliphatic heterocycles. The first kappa shape index (κ1) is 11.7. The molecule has 0 amide bonds. The highest BCUT2D eigenvalue weighted by molar-refractivity contribution is 5.97. The molecule has 5 heteroatoms. The zero-order chi connectivity index (χ0) is 11.4. The molecule has 0 atom stereocenters. The quantitative estimate of drug-likeness (QED) is 0.738. The number of hydrogen-bond donors (Lipinski definition) is 1. The van der Waals surface area contributed by atoms with Gasteiger partial charge in [0.15, 0.2) is 11.5 Å². The van der Waals surface area contributed by atoms with Crippen molar-refractivity contribution >= 4 is 5.78 Å². The van der Waals surface area contributed by atoms with Gasteiger partial charge in [-0.15, -0.1) is 0 Å². The molecule has 0 saturated carbocycles. The summed E-state index contributed by atoms with van der Waals surface area (Å²) in [5, 5.41) is 4.12. The second kappa shape index (κ2) is 4.93. The van der Waals surface area contributed by atoms with E-state index in [0.717, 1.165) is 0 Å². The Kier molecular flexibility index (Phi) is 3.85. The van der Waals surface area contributed by atoms with Gasteiger partial charge in [-0.05, 0) is 20.4 Å². The van der Waals surface area contributed by atoms with Crippen LogP contribution in [-0.4, -0.2) is 29.2 Å². The van der Waals surface area contributed by atoms with Gasteiger partial charge in [0.25, 0.3) is 0 Å². The Bertz CT molecular complexity index is 344. The van der Waals surface area contributed by atoms with Gasteiger partial charge in [-0.3, -0.25) is 9.48 Å². The van der Waals surface area contributed by atoms with Crippen LogP contribution in [0.15, 0.2) is 6.20 Å². The third kappa shape index (κ3) is 2.36. The molecule has 0 spiro atoms. The van der Waals surface area contributed by atoms with E-state index in [1.807, 2.05) is 13.8 Å². The van der Waals surface area contributed by atoms with E-state index in [1.54, 1.807) is 10.9 Å². The lowest BCUT2D eigenvalue weighted by atomic mass is 10.2. The maximum Gasteiger partial charge on any atom is 0.185 e. The molecule has 0 unspecified atom stereocenters. The fourth-order valence-electron chi connectivity index (χ4n) is 1.40. The van der Waals surface area contributed by atoms with E-state index in [-0.39, 0.29) is 11.8 Å². The minimum Gasteiger partial charge on any atom is -0.493 e. The van der Waals surface area contributed by atoms with Crippen LogP contribution in [0.4, 0.5) is 0 Å². The van der Waals surface area contributed by atoms with Crippen LogP contribution in [-0.2, 0) is 0 Å². The summed E-state index contributed by atoms with van der Waals surface area (Å²) in [6.07, 6.45) is 1.87. The van der Waals surface area contributed by atoms with E-state index in [0.29, 0.717) is 24.4 Å². The summed E-state index contributed by atoms with van der Waals surface area (Å²) in [5.74, 6) is 0.489. The lowest BCUT2D eigenvalue weighted by molar-refractivity contribution is 0.0970. The molecule has 0 aliphatic carbocycles. The van der Waals surface area contributed by atoms with Crippen LogP contribution in [0.5, 0.6) is 5.75 Å². The van der Waals surface area contributed by atoms with Gasteiger partial charge in [0, 0.05) is 12.5 Å². The molecule has 1 rings (SSSR count). The van der Waals surface area contributed by atoms with Crippen molar-refractivity contribution in [3.05, 3.63) is 11.9 Å². The Labute approximate surface area is 89.2 Å². The SMILES string of the molecule is COc1cnn(C(C)C)c1C(=O)CCN. The van der Waals surface area contributed by atoms with Crippen molar-refractivity contribution in [3.8, 4) is 5.75 Å². The van der Waals surface area contributed by atoms with Crippen molar-refractivity contribution < 1.29 is 9.53 Å². The zero-order valence-electron chi connectivity index (χ0n) is 9.36.